The zero-order valence-corrected chi connectivity index (χ0v) is 12.6. The van der Waals surface area contributed by atoms with E-state index in [1.807, 2.05) is 12.5 Å². The predicted molar refractivity (Wildman–Crippen MR) is 76.6 cm³/mol. The first kappa shape index (κ1) is 15.2. The zero-order valence-electron chi connectivity index (χ0n) is 12.6. The van der Waals surface area contributed by atoms with Gasteiger partial charge in [-0.05, 0) is 33.9 Å². The van der Waals surface area contributed by atoms with Gasteiger partial charge in [0.1, 0.15) is 0 Å². The second kappa shape index (κ2) is 6.90. The average molecular weight is 252 g/mol. The van der Waals surface area contributed by atoms with Crippen molar-refractivity contribution in [2.75, 3.05) is 20.6 Å². The summed E-state index contributed by atoms with van der Waals surface area (Å²) in [4.78, 5) is 6.47. The van der Waals surface area contributed by atoms with Crippen molar-refractivity contribution in [1.29, 1.82) is 0 Å². The van der Waals surface area contributed by atoms with Gasteiger partial charge in [-0.15, -0.1) is 0 Å². The molecule has 1 heterocycles. The van der Waals surface area contributed by atoms with E-state index in [4.69, 9.17) is 0 Å². The molecule has 1 N–H and O–H groups in total. The maximum atomic E-state index is 4.24. The van der Waals surface area contributed by atoms with Gasteiger partial charge in [-0.3, -0.25) is 0 Å². The highest BCUT2D eigenvalue weighted by Gasteiger charge is 2.14. The van der Waals surface area contributed by atoms with Crippen molar-refractivity contribution < 1.29 is 0 Å². The SMILES string of the molecule is CC(C)C(CN(C)C)NCc1cncn1C(C)C. The van der Waals surface area contributed by atoms with E-state index in [1.165, 1.54) is 5.69 Å². The lowest BCUT2D eigenvalue weighted by molar-refractivity contribution is 0.286. The minimum Gasteiger partial charge on any atom is -0.331 e. The number of aromatic nitrogens is 2. The van der Waals surface area contributed by atoms with Gasteiger partial charge in [0.15, 0.2) is 0 Å². The van der Waals surface area contributed by atoms with Gasteiger partial charge in [0, 0.05) is 31.4 Å². The van der Waals surface area contributed by atoms with Crippen LogP contribution in [-0.4, -0.2) is 41.1 Å². The Balaban J connectivity index is 2.58. The van der Waals surface area contributed by atoms with Crippen molar-refractivity contribution in [3.05, 3.63) is 18.2 Å². The average Bonchev–Trinajstić information content (AvgIpc) is 2.71. The summed E-state index contributed by atoms with van der Waals surface area (Å²) in [6.45, 7) is 10.8. The van der Waals surface area contributed by atoms with Crippen molar-refractivity contribution in [2.24, 2.45) is 5.92 Å². The monoisotopic (exact) mass is 252 g/mol. The summed E-state index contributed by atoms with van der Waals surface area (Å²) in [6, 6.07) is 0.978. The fourth-order valence-electron chi connectivity index (χ4n) is 2.07. The van der Waals surface area contributed by atoms with Gasteiger partial charge in [-0.25, -0.2) is 4.98 Å². The number of hydrogen-bond donors (Lipinski definition) is 1. The molecule has 0 spiro atoms. The Morgan fingerprint density at radius 2 is 1.94 bits per heavy atom. The number of nitrogens with zero attached hydrogens (tertiary/aromatic N) is 3. The van der Waals surface area contributed by atoms with Gasteiger partial charge in [0.2, 0.25) is 0 Å². The molecular weight excluding hydrogens is 224 g/mol. The molecule has 0 aliphatic carbocycles. The molecule has 0 saturated heterocycles. The van der Waals surface area contributed by atoms with E-state index in [0.717, 1.165) is 13.1 Å². The number of nitrogens with one attached hydrogen (secondary N) is 1. The highest BCUT2D eigenvalue weighted by molar-refractivity contribution is 5.00. The highest BCUT2D eigenvalue weighted by Crippen LogP contribution is 2.10. The molecule has 0 radical (unpaired) electrons. The smallest absolute Gasteiger partial charge is 0.0951 e. The summed E-state index contributed by atoms with van der Waals surface area (Å²) >= 11 is 0. The van der Waals surface area contributed by atoms with Crippen LogP contribution in [0, 0.1) is 5.92 Å². The summed E-state index contributed by atoms with van der Waals surface area (Å²) < 4.78 is 2.22. The molecule has 18 heavy (non-hydrogen) atoms. The van der Waals surface area contributed by atoms with Crippen LogP contribution in [0.15, 0.2) is 12.5 Å². The molecule has 104 valence electrons. The largest absolute Gasteiger partial charge is 0.331 e. The van der Waals surface area contributed by atoms with Crippen molar-refractivity contribution in [2.45, 2.75) is 46.3 Å². The van der Waals surface area contributed by atoms with Gasteiger partial charge < -0.3 is 14.8 Å². The van der Waals surface area contributed by atoms with Crippen LogP contribution in [0.3, 0.4) is 0 Å². The van der Waals surface area contributed by atoms with Gasteiger partial charge in [-0.1, -0.05) is 13.8 Å². The second-order valence-electron chi connectivity index (χ2n) is 5.88. The van der Waals surface area contributed by atoms with Gasteiger partial charge in [0.25, 0.3) is 0 Å². The van der Waals surface area contributed by atoms with Gasteiger partial charge >= 0.3 is 0 Å². The van der Waals surface area contributed by atoms with Gasteiger partial charge in [-0.2, -0.15) is 0 Å². The first-order valence-electron chi connectivity index (χ1n) is 6.80. The van der Waals surface area contributed by atoms with E-state index in [1.54, 1.807) is 0 Å². The summed E-state index contributed by atoms with van der Waals surface area (Å²) in [7, 11) is 4.24. The van der Waals surface area contributed by atoms with E-state index in [0.29, 0.717) is 18.0 Å². The number of hydrogen-bond acceptors (Lipinski definition) is 3. The lowest BCUT2D eigenvalue weighted by Gasteiger charge is -2.26. The Hall–Kier alpha value is -0.870. The summed E-state index contributed by atoms with van der Waals surface area (Å²) in [5.74, 6) is 0.628. The standard InChI is InChI=1S/C14H28N4/c1-11(2)14(9-17(5)6)16-8-13-7-15-10-18(13)12(3)4/h7,10-12,14,16H,8-9H2,1-6H3. The summed E-state index contributed by atoms with van der Waals surface area (Å²) in [5, 5.41) is 3.65. The first-order valence-corrected chi connectivity index (χ1v) is 6.80. The fourth-order valence-corrected chi connectivity index (χ4v) is 2.07. The quantitative estimate of drug-likeness (QED) is 0.807. The maximum absolute atomic E-state index is 4.24. The van der Waals surface area contributed by atoms with Crippen LogP contribution < -0.4 is 5.32 Å². The molecule has 0 bridgehead atoms. The van der Waals surface area contributed by atoms with E-state index in [9.17, 15) is 0 Å². The molecule has 0 aliphatic heterocycles. The van der Waals surface area contributed by atoms with Crippen LogP contribution in [0.5, 0.6) is 0 Å². The van der Waals surface area contributed by atoms with Crippen molar-refractivity contribution >= 4 is 0 Å². The molecular formula is C14H28N4. The summed E-state index contributed by atoms with van der Waals surface area (Å²) in [6.07, 6.45) is 3.87. The molecule has 0 fully saturated rings. The van der Waals surface area contributed by atoms with Gasteiger partial charge in [0.05, 0.1) is 12.0 Å². The van der Waals surface area contributed by atoms with Crippen LogP contribution in [0.1, 0.15) is 39.4 Å². The molecule has 1 unspecified atom stereocenters. The minimum atomic E-state index is 0.468. The lowest BCUT2D eigenvalue weighted by Crippen LogP contribution is -2.41. The zero-order chi connectivity index (χ0) is 13.7. The molecule has 0 aliphatic rings. The van der Waals surface area contributed by atoms with Crippen LogP contribution in [0.2, 0.25) is 0 Å². The number of rotatable bonds is 7. The molecule has 0 amide bonds. The third-order valence-electron chi connectivity index (χ3n) is 3.21. The van der Waals surface area contributed by atoms with Crippen molar-refractivity contribution in [3.63, 3.8) is 0 Å². The Bertz CT molecular complexity index is 341. The predicted octanol–water partition coefficient (Wildman–Crippen LogP) is 2.14. The maximum Gasteiger partial charge on any atom is 0.0951 e. The van der Waals surface area contributed by atoms with E-state index >= 15 is 0 Å². The van der Waals surface area contributed by atoms with E-state index < -0.39 is 0 Å². The Labute approximate surface area is 111 Å². The highest BCUT2D eigenvalue weighted by atomic mass is 15.1. The van der Waals surface area contributed by atoms with Crippen LogP contribution in [0.25, 0.3) is 0 Å². The van der Waals surface area contributed by atoms with E-state index in [-0.39, 0.29) is 0 Å². The number of likely N-dealkylation sites (N-methyl/N-ethyl adjacent to an activating group) is 1. The Kier molecular flexibility index (Phi) is 5.82. The third-order valence-corrected chi connectivity index (χ3v) is 3.21. The molecule has 0 aromatic carbocycles. The summed E-state index contributed by atoms with van der Waals surface area (Å²) in [5.41, 5.74) is 1.26. The van der Waals surface area contributed by atoms with Crippen LogP contribution in [0.4, 0.5) is 0 Å². The van der Waals surface area contributed by atoms with Crippen molar-refractivity contribution in [1.82, 2.24) is 19.8 Å². The molecule has 0 saturated carbocycles. The second-order valence-corrected chi connectivity index (χ2v) is 5.88. The molecule has 1 aromatic rings. The van der Waals surface area contributed by atoms with E-state index in [2.05, 4.69) is 61.6 Å². The number of imidazole rings is 1. The van der Waals surface area contributed by atoms with Crippen LogP contribution >= 0.6 is 0 Å². The lowest BCUT2D eigenvalue weighted by atomic mass is 10.0. The Morgan fingerprint density at radius 3 is 2.44 bits per heavy atom. The molecule has 1 aromatic heterocycles. The third kappa shape index (κ3) is 4.42. The molecule has 4 heteroatoms. The van der Waals surface area contributed by atoms with Crippen LogP contribution in [-0.2, 0) is 6.54 Å². The topological polar surface area (TPSA) is 33.1 Å². The molecule has 1 rings (SSSR count). The van der Waals surface area contributed by atoms with Crippen molar-refractivity contribution in [3.8, 4) is 0 Å². The normalized spacial score (nSPS) is 13.8. The minimum absolute atomic E-state index is 0.468. The first-order chi connectivity index (χ1) is 8.41. The molecule has 1 atom stereocenters. The Morgan fingerprint density at radius 1 is 1.28 bits per heavy atom. The molecule has 4 nitrogen and oxygen atoms in total. The fraction of sp³-hybridized carbons (Fsp3) is 0.786.